The number of methoxy groups -OCH3 is 1. The van der Waals surface area contributed by atoms with Crippen molar-refractivity contribution in [2.45, 2.75) is 12.3 Å². The number of hydrogen-bond acceptors (Lipinski definition) is 4. The standard InChI is InChI=1S/C23H26N2O4/c1-28-20-9-5-6-10-21(20)29-16-22(26)24-11-13-25(14-12-24)23(27)19-15-18(19)17-7-3-2-4-8-17/h2-10,18-19H,11-16H2,1H3/t18-,19-/m1/s1. The molecule has 0 N–H and O–H groups in total. The van der Waals surface area contributed by atoms with Gasteiger partial charge in [0, 0.05) is 32.1 Å². The molecule has 0 bridgehead atoms. The Bertz CT molecular complexity index is 862. The predicted octanol–water partition coefficient (Wildman–Crippen LogP) is 2.55. The average molecular weight is 394 g/mol. The highest BCUT2D eigenvalue weighted by Gasteiger charge is 2.46. The summed E-state index contributed by atoms with van der Waals surface area (Å²) in [6.45, 7) is 2.21. The second kappa shape index (κ2) is 8.55. The van der Waals surface area contributed by atoms with E-state index in [0.717, 1.165) is 6.42 Å². The van der Waals surface area contributed by atoms with Gasteiger partial charge in [0.2, 0.25) is 5.91 Å². The lowest BCUT2D eigenvalue weighted by Crippen LogP contribution is -2.52. The maximum atomic E-state index is 12.8. The first-order valence-corrected chi connectivity index (χ1v) is 10.0. The Morgan fingerprint density at radius 2 is 1.52 bits per heavy atom. The second-order valence-electron chi connectivity index (χ2n) is 7.50. The van der Waals surface area contributed by atoms with Crippen LogP contribution in [0.25, 0.3) is 0 Å². The van der Waals surface area contributed by atoms with E-state index >= 15 is 0 Å². The van der Waals surface area contributed by atoms with Crippen molar-refractivity contribution in [3.05, 3.63) is 60.2 Å². The van der Waals surface area contributed by atoms with Gasteiger partial charge in [-0.05, 0) is 30.0 Å². The van der Waals surface area contributed by atoms with Crippen LogP contribution >= 0.6 is 0 Å². The molecule has 6 heteroatoms. The molecule has 6 nitrogen and oxygen atoms in total. The molecule has 1 aliphatic heterocycles. The first kappa shape index (κ1) is 19.3. The highest BCUT2D eigenvalue weighted by Crippen LogP contribution is 2.48. The van der Waals surface area contributed by atoms with Gasteiger partial charge >= 0.3 is 0 Å². The molecule has 2 fully saturated rings. The molecule has 1 saturated heterocycles. The number of benzene rings is 2. The van der Waals surface area contributed by atoms with E-state index in [2.05, 4.69) is 12.1 Å². The smallest absolute Gasteiger partial charge is 0.260 e. The molecule has 29 heavy (non-hydrogen) atoms. The Morgan fingerprint density at radius 3 is 2.21 bits per heavy atom. The molecule has 2 aromatic carbocycles. The van der Waals surface area contributed by atoms with Gasteiger partial charge in [-0.2, -0.15) is 0 Å². The molecular weight excluding hydrogens is 368 g/mol. The van der Waals surface area contributed by atoms with Crippen molar-refractivity contribution in [3.63, 3.8) is 0 Å². The maximum Gasteiger partial charge on any atom is 0.260 e. The van der Waals surface area contributed by atoms with E-state index in [1.165, 1.54) is 5.56 Å². The van der Waals surface area contributed by atoms with Gasteiger partial charge in [0.1, 0.15) is 0 Å². The fourth-order valence-corrected chi connectivity index (χ4v) is 3.92. The number of rotatable bonds is 6. The normalized spacial score (nSPS) is 20.9. The van der Waals surface area contributed by atoms with Gasteiger partial charge in [-0.1, -0.05) is 42.5 Å². The lowest BCUT2D eigenvalue weighted by molar-refractivity contribution is -0.141. The van der Waals surface area contributed by atoms with Crippen molar-refractivity contribution < 1.29 is 19.1 Å². The highest BCUT2D eigenvalue weighted by atomic mass is 16.5. The van der Waals surface area contributed by atoms with Crippen molar-refractivity contribution in [3.8, 4) is 11.5 Å². The Morgan fingerprint density at radius 1 is 0.897 bits per heavy atom. The van der Waals surface area contributed by atoms with Crippen molar-refractivity contribution in [1.82, 2.24) is 9.80 Å². The fourth-order valence-electron chi connectivity index (χ4n) is 3.92. The number of nitrogens with zero attached hydrogens (tertiary/aromatic N) is 2. The summed E-state index contributed by atoms with van der Waals surface area (Å²) < 4.78 is 10.9. The van der Waals surface area contributed by atoms with Crippen molar-refractivity contribution in [2.75, 3.05) is 39.9 Å². The third kappa shape index (κ3) is 4.36. The van der Waals surface area contributed by atoms with Crippen LogP contribution in [0.1, 0.15) is 17.9 Å². The van der Waals surface area contributed by atoms with Crippen LogP contribution in [0.15, 0.2) is 54.6 Å². The summed E-state index contributed by atoms with van der Waals surface area (Å²) in [7, 11) is 1.57. The van der Waals surface area contributed by atoms with Gasteiger partial charge in [0.15, 0.2) is 18.1 Å². The molecule has 2 aliphatic rings. The summed E-state index contributed by atoms with van der Waals surface area (Å²) in [5, 5.41) is 0. The van der Waals surface area contributed by atoms with Crippen molar-refractivity contribution in [2.24, 2.45) is 5.92 Å². The average Bonchev–Trinajstić information content (AvgIpc) is 3.59. The van der Waals surface area contributed by atoms with E-state index in [0.29, 0.717) is 43.6 Å². The number of ether oxygens (including phenoxy) is 2. The van der Waals surface area contributed by atoms with E-state index in [1.807, 2.05) is 35.2 Å². The number of carbonyl (C=O) groups excluding carboxylic acids is 2. The van der Waals surface area contributed by atoms with E-state index in [9.17, 15) is 9.59 Å². The molecular formula is C23H26N2O4. The highest BCUT2D eigenvalue weighted by molar-refractivity contribution is 5.83. The van der Waals surface area contributed by atoms with Crippen LogP contribution in [0.3, 0.4) is 0 Å². The first-order chi connectivity index (χ1) is 14.2. The molecule has 2 atom stereocenters. The second-order valence-corrected chi connectivity index (χ2v) is 7.50. The predicted molar refractivity (Wildman–Crippen MR) is 109 cm³/mol. The quantitative estimate of drug-likeness (QED) is 0.756. The summed E-state index contributed by atoms with van der Waals surface area (Å²) in [5.74, 6) is 1.74. The van der Waals surface area contributed by atoms with Gasteiger partial charge in [-0.3, -0.25) is 9.59 Å². The molecule has 0 spiro atoms. The van der Waals surface area contributed by atoms with Crippen LogP contribution in [-0.2, 0) is 9.59 Å². The molecule has 4 rings (SSSR count). The minimum Gasteiger partial charge on any atom is -0.493 e. The molecule has 1 heterocycles. The summed E-state index contributed by atoms with van der Waals surface area (Å²) in [6.07, 6.45) is 0.925. The Labute approximate surface area is 171 Å². The van der Waals surface area contributed by atoms with Crippen molar-refractivity contribution >= 4 is 11.8 Å². The van der Waals surface area contributed by atoms with Crippen LogP contribution in [0.2, 0.25) is 0 Å². The molecule has 2 amide bonds. The number of amides is 2. The summed E-state index contributed by atoms with van der Waals surface area (Å²) in [6, 6.07) is 17.5. The van der Waals surface area contributed by atoms with E-state index in [4.69, 9.17) is 9.47 Å². The zero-order valence-electron chi connectivity index (χ0n) is 16.6. The van der Waals surface area contributed by atoms with E-state index in [-0.39, 0.29) is 24.3 Å². The van der Waals surface area contributed by atoms with E-state index < -0.39 is 0 Å². The van der Waals surface area contributed by atoms with Gasteiger partial charge in [0.05, 0.1) is 7.11 Å². The lowest BCUT2D eigenvalue weighted by atomic mass is 10.1. The largest absolute Gasteiger partial charge is 0.493 e. The Hall–Kier alpha value is -3.02. The molecule has 2 aromatic rings. The third-order valence-electron chi connectivity index (χ3n) is 5.70. The first-order valence-electron chi connectivity index (χ1n) is 10.0. The molecule has 152 valence electrons. The molecule has 0 unspecified atom stereocenters. The zero-order chi connectivity index (χ0) is 20.2. The number of piperazine rings is 1. The SMILES string of the molecule is COc1ccccc1OCC(=O)N1CCN(C(=O)[C@@H]2C[C@@H]2c2ccccc2)CC1. The minimum absolute atomic E-state index is 0.0347. The van der Waals surface area contributed by atoms with Crippen molar-refractivity contribution in [1.29, 1.82) is 0 Å². The summed E-state index contributed by atoms with van der Waals surface area (Å²) in [5.41, 5.74) is 1.24. The van der Waals surface area contributed by atoms with Gasteiger partial charge in [-0.25, -0.2) is 0 Å². The van der Waals surface area contributed by atoms with Gasteiger partial charge in [-0.15, -0.1) is 0 Å². The molecule has 0 radical (unpaired) electrons. The zero-order valence-corrected chi connectivity index (χ0v) is 16.6. The summed E-state index contributed by atoms with van der Waals surface area (Å²) in [4.78, 5) is 28.9. The molecule has 1 saturated carbocycles. The maximum absolute atomic E-state index is 12.8. The minimum atomic E-state index is -0.0726. The van der Waals surface area contributed by atoms with E-state index in [1.54, 1.807) is 24.1 Å². The topological polar surface area (TPSA) is 59.1 Å². The van der Waals surface area contributed by atoms with Crippen LogP contribution < -0.4 is 9.47 Å². The number of para-hydroxylation sites is 2. The molecule has 1 aliphatic carbocycles. The third-order valence-corrected chi connectivity index (χ3v) is 5.70. The van der Waals surface area contributed by atoms with Crippen LogP contribution in [0, 0.1) is 5.92 Å². The fraction of sp³-hybridized carbons (Fsp3) is 0.391. The van der Waals surface area contributed by atoms with Crippen LogP contribution in [0.5, 0.6) is 11.5 Å². The Kier molecular flexibility index (Phi) is 5.69. The number of carbonyl (C=O) groups is 2. The van der Waals surface area contributed by atoms with Gasteiger partial charge in [0.25, 0.3) is 5.91 Å². The van der Waals surface area contributed by atoms with Crippen LogP contribution in [0.4, 0.5) is 0 Å². The lowest BCUT2D eigenvalue weighted by Gasteiger charge is -2.35. The monoisotopic (exact) mass is 394 g/mol. The number of hydrogen-bond donors (Lipinski definition) is 0. The van der Waals surface area contributed by atoms with Gasteiger partial charge < -0.3 is 19.3 Å². The van der Waals surface area contributed by atoms with Crippen LogP contribution in [-0.4, -0.2) is 61.5 Å². The summed E-state index contributed by atoms with van der Waals surface area (Å²) >= 11 is 0. The Balaban J connectivity index is 1.24. The molecule has 0 aromatic heterocycles.